The zero-order valence-corrected chi connectivity index (χ0v) is 29.2. The number of aromatic nitrogens is 2. The van der Waals surface area contributed by atoms with Crippen LogP contribution in [0.15, 0.2) is 107 Å². The molecule has 8 nitrogen and oxygen atoms in total. The van der Waals surface area contributed by atoms with Crippen LogP contribution in [-0.2, 0) is 0 Å². The molecule has 2 aromatic heterocycles. The topological polar surface area (TPSA) is 93.2 Å². The van der Waals surface area contributed by atoms with Crippen LogP contribution in [0.25, 0.3) is 44.1 Å². The summed E-state index contributed by atoms with van der Waals surface area (Å²) in [6.07, 6.45) is 7.49. The highest BCUT2D eigenvalue weighted by Gasteiger charge is 2.20. The molecule has 0 atom stereocenters. The molecule has 0 unspecified atom stereocenters. The minimum atomic E-state index is 0.622. The Labute approximate surface area is 298 Å². The molecule has 7 rings (SSSR count). The largest absolute Gasteiger partial charge is 0.496 e. The molecular formula is C40H32Cl2N4O4. The summed E-state index contributed by atoms with van der Waals surface area (Å²) < 4.78 is 23.1. The molecule has 0 saturated heterocycles. The van der Waals surface area contributed by atoms with E-state index in [2.05, 4.69) is 9.97 Å². The first kappa shape index (κ1) is 32.8. The van der Waals surface area contributed by atoms with Crippen LogP contribution >= 0.6 is 23.2 Å². The van der Waals surface area contributed by atoms with E-state index in [9.17, 15) is 0 Å². The van der Waals surface area contributed by atoms with Crippen molar-refractivity contribution in [3.05, 3.63) is 118 Å². The van der Waals surface area contributed by atoms with Gasteiger partial charge in [0, 0.05) is 58.1 Å². The number of fused-ring (bicyclic) bond motifs is 2. The maximum absolute atomic E-state index is 6.16. The molecule has 0 radical (unpaired) electrons. The molecule has 0 aliphatic carbocycles. The standard InChI is InChI=1S/C40H32Cl2N4O4/c1-47-33-17-35(49-3)37-29(23-8-12-25(41)13-9-23)19-45-39(37)31(33)21-43-27-6-5-7-28(16-27)44-22-32-34(48-2)18-36(50-4)38-30(20-46-40(32)38)24-10-14-26(42)15-11-24/h5-22,45-46H,1-4H3. The third-order valence-electron chi connectivity index (χ3n) is 8.55. The molecule has 0 amide bonds. The Bertz CT molecular complexity index is 2230. The lowest BCUT2D eigenvalue weighted by Gasteiger charge is -2.12. The molecular weight excluding hydrogens is 671 g/mol. The first-order chi connectivity index (χ1) is 24.4. The Morgan fingerprint density at radius 1 is 0.520 bits per heavy atom. The number of hydrogen-bond donors (Lipinski definition) is 2. The van der Waals surface area contributed by atoms with Gasteiger partial charge in [0.15, 0.2) is 0 Å². The van der Waals surface area contributed by atoms with E-state index in [-0.39, 0.29) is 0 Å². The van der Waals surface area contributed by atoms with Crippen molar-refractivity contribution < 1.29 is 18.9 Å². The van der Waals surface area contributed by atoms with Gasteiger partial charge in [-0.25, -0.2) is 0 Å². The summed E-state index contributed by atoms with van der Waals surface area (Å²) in [4.78, 5) is 16.5. The normalized spacial score (nSPS) is 11.6. The van der Waals surface area contributed by atoms with Gasteiger partial charge in [0.25, 0.3) is 0 Å². The summed E-state index contributed by atoms with van der Waals surface area (Å²) in [6.45, 7) is 0. The smallest absolute Gasteiger partial charge is 0.133 e. The van der Waals surface area contributed by atoms with Crippen LogP contribution in [0.1, 0.15) is 11.1 Å². The Balaban J connectivity index is 1.25. The van der Waals surface area contributed by atoms with Gasteiger partial charge in [-0.1, -0.05) is 53.5 Å². The fraction of sp³-hybridized carbons (Fsp3) is 0.100. The van der Waals surface area contributed by atoms with Crippen LogP contribution in [0.4, 0.5) is 11.4 Å². The number of ether oxygens (including phenoxy) is 4. The summed E-state index contributed by atoms with van der Waals surface area (Å²) in [5.41, 5.74) is 8.64. The number of H-pyrrole nitrogens is 2. The minimum Gasteiger partial charge on any atom is -0.496 e. The average molecular weight is 704 g/mol. The lowest BCUT2D eigenvalue weighted by Crippen LogP contribution is -1.95. The van der Waals surface area contributed by atoms with Crippen molar-refractivity contribution in [1.29, 1.82) is 0 Å². The SMILES string of the molecule is COc1cc(OC)c2c(-c3ccc(Cl)cc3)c[nH]c2c1C=Nc1cccc(N=Cc2c(OC)cc(OC)c3c(-c4ccc(Cl)cc4)c[nH]c23)c1. The van der Waals surface area contributed by atoms with Crippen LogP contribution in [0.5, 0.6) is 23.0 Å². The molecule has 7 aromatic rings. The molecule has 2 heterocycles. The summed E-state index contributed by atoms with van der Waals surface area (Å²) >= 11 is 12.3. The highest BCUT2D eigenvalue weighted by molar-refractivity contribution is 6.31. The average Bonchev–Trinajstić information content (AvgIpc) is 3.79. The highest BCUT2D eigenvalue weighted by atomic mass is 35.5. The van der Waals surface area contributed by atoms with Gasteiger partial charge >= 0.3 is 0 Å². The van der Waals surface area contributed by atoms with Gasteiger partial charge in [0.2, 0.25) is 0 Å². The Morgan fingerprint density at radius 2 is 0.920 bits per heavy atom. The highest BCUT2D eigenvalue weighted by Crippen LogP contribution is 2.43. The fourth-order valence-corrected chi connectivity index (χ4v) is 6.38. The number of methoxy groups -OCH3 is 4. The van der Waals surface area contributed by atoms with Crippen LogP contribution in [0.2, 0.25) is 10.0 Å². The van der Waals surface area contributed by atoms with Crippen molar-refractivity contribution in [3.8, 4) is 45.3 Å². The van der Waals surface area contributed by atoms with Crippen molar-refractivity contribution in [2.45, 2.75) is 0 Å². The summed E-state index contributed by atoms with van der Waals surface area (Å²) in [5, 5.41) is 3.17. The van der Waals surface area contributed by atoms with Gasteiger partial charge in [-0.05, 0) is 53.6 Å². The van der Waals surface area contributed by atoms with E-state index >= 15 is 0 Å². The van der Waals surface area contributed by atoms with E-state index in [0.29, 0.717) is 44.4 Å². The predicted octanol–water partition coefficient (Wildman–Crippen LogP) is 10.8. The van der Waals surface area contributed by atoms with Gasteiger partial charge in [0.1, 0.15) is 23.0 Å². The molecule has 0 aliphatic rings. The van der Waals surface area contributed by atoms with Gasteiger partial charge in [-0.2, -0.15) is 0 Å². The number of hydrogen-bond acceptors (Lipinski definition) is 6. The van der Waals surface area contributed by atoms with Crippen molar-refractivity contribution in [2.24, 2.45) is 9.98 Å². The number of halogens is 2. The fourth-order valence-electron chi connectivity index (χ4n) is 6.13. The quantitative estimate of drug-likeness (QED) is 0.139. The lowest BCUT2D eigenvalue weighted by atomic mass is 10.0. The third-order valence-corrected chi connectivity index (χ3v) is 9.06. The molecule has 250 valence electrons. The first-order valence-corrected chi connectivity index (χ1v) is 16.4. The van der Waals surface area contributed by atoms with Crippen LogP contribution in [-0.4, -0.2) is 50.8 Å². The van der Waals surface area contributed by atoms with Gasteiger partial charge in [-0.3, -0.25) is 9.98 Å². The summed E-state index contributed by atoms with van der Waals surface area (Å²) in [7, 11) is 6.55. The van der Waals surface area contributed by atoms with Crippen molar-refractivity contribution in [2.75, 3.05) is 28.4 Å². The Kier molecular flexibility index (Phi) is 9.21. The zero-order valence-electron chi connectivity index (χ0n) is 27.7. The molecule has 50 heavy (non-hydrogen) atoms. The Morgan fingerprint density at radius 3 is 1.30 bits per heavy atom. The second kappa shape index (κ2) is 14.0. The third kappa shape index (κ3) is 6.15. The van der Waals surface area contributed by atoms with Gasteiger partial charge in [-0.15, -0.1) is 0 Å². The van der Waals surface area contributed by atoms with E-state index in [4.69, 9.17) is 52.1 Å². The maximum atomic E-state index is 6.16. The number of aromatic amines is 2. The molecule has 0 fully saturated rings. The van der Waals surface area contributed by atoms with Crippen LogP contribution < -0.4 is 18.9 Å². The molecule has 0 saturated carbocycles. The number of rotatable bonds is 10. The molecule has 0 spiro atoms. The molecule has 2 N–H and O–H groups in total. The zero-order chi connectivity index (χ0) is 34.8. The van der Waals surface area contributed by atoms with Gasteiger partial charge < -0.3 is 28.9 Å². The number of nitrogens with zero attached hydrogens (tertiary/aromatic N) is 2. The minimum absolute atomic E-state index is 0.622. The lowest BCUT2D eigenvalue weighted by molar-refractivity contribution is 0.397. The van der Waals surface area contributed by atoms with Crippen molar-refractivity contribution in [3.63, 3.8) is 0 Å². The van der Waals surface area contributed by atoms with E-state index in [1.165, 1.54) is 0 Å². The van der Waals surface area contributed by atoms with Crippen LogP contribution in [0, 0.1) is 0 Å². The van der Waals surface area contributed by atoms with E-state index in [1.54, 1.807) is 40.9 Å². The second-order valence-corrected chi connectivity index (χ2v) is 12.2. The molecule has 10 heteroatoms. The molecule has 0 bridgehead atoms. The van der Waals surface area contributed by atoms with Crippen molar-refractivity contribution in [1.82, 2.24) is 9.97 Å². The first-order valence-electron chi connectivity index (χ1n) is 15.6. The van der Waals surface area contributed by atoms with E-state index < -0.39 is 0 Å². The number of aliphatic imine (C=N–C) groups is 2. The van der Waals surface area contributed by atoms with E-state index in [0.717, 1.165) is 55.2 Å². The van der Waals surface area contributed by atoms with E-state index in [1.807, 2.05) is 97.3 Å². The summed E-state index contributed by atoms with van der Waals surface area (Å²) in [6, 6.07) is 26.8. The predicted molar refractivity (Wildman–Crippen MR) is 205 cm³/mol. The number of nitrogens with one attached hydrogen (secondary N) is 2. The monoisotopic (exact) mass is 702 g/mol. The second-order valence-electron chi connectivity index (χ2n) is 11.3. The van der Waals surface area contributed by atoms with Gasteiger partial charge in [0.05, 0.1) is 72.7 Å². The summed E-state index contributed by atoms with van der Waals surface area (Å²) in [5.74, 6) is 2.61. The number of benzene rings is 5. The van der Waals surface area contributed by atoms with Crippen LogP contribution in [0.3, 0.4) is 0 Å². The Hall–Kier alpha value is -5.70. The maximum Gasteiger partial charge on any atom is 0.133 e. The molecule has 0 aliphatic heterocycles. The van der Waals surface area contributed by atoms with Crippen molar-refractivity contribution >= 4 is 68.8 Å². The molecule has 5 aromatic carbocycles.